The van der Waals surface area contributed by atoms with E-state index < -0.39 is 5.41 Å². The molecule has 3 rings (SSSR count). The van der Waals surface area contributed by atoms with E-state index in [1.165, 1.54) is 0 Å². The van der Waals surface area contributed by atoms with Crippen molar-refractivity contribution in [1.82, 2.24) is 5.32 Å². The first-order valence-corrected chi connectivity index (χ1v) is 8.77. The number of carbonyl (C=O) groups excluding carboxylic acids is 1. The monoisotopic (exact) mass is 390 g/mol. The van der Waals surface area contributed by atoms with E-state index in [-0.39, 0.29) is 17.4 Å². The maximum Gasteiger partial charge on any atom is 0.234 e. The van der Waals surface area contributed by atoms with Gasteiger partial charge in [-0.1, -0.05) is 34.1 Å². The third-order valence-electron chi connectivity index (χ3n) is 4.57. The number of carbonyl (C=O) groups is 1. The molecule has 1 heterocycles. The van der Waals surface area contributed by atoms with Crippen molar-refractivity contribution in [3.63, 3.8) is 0 Å². The number of fused-ring (bicyclic) bond motifs is 1. The second-order valence-electron chi connectivity index (χ2n) is 6.58. The first-order chi connectivity index (χ1) is 11.4. The molecule has 0 radical (unpaired) electrons. The Morgan fingerprint density at radius 3 is 2.83 bits per heavy atom. The molecular formula is C19H20BrFN2O. The molecule has 0 aliphatic carbocycles. The van der Waals surface area contributed by atoms with Gasteiger partial charge in [0.15, 0.2) is 0 Å². The van der Waals surface area contributed by atoms with Gasteiger partial charge in [0.25, 0.3) is 0 Å². The van der Waals surface area contributed by atoms with Crippen LogP contribution in [0, 0.1) is 5.82 Å². The Kier molecular flexibility index (Phi) is 4.74. The molecule has 0 atom stereocenters. The summed E-state index contributed by atoms with van der Waals surface area (Å²) in [5.74, 6) is -0.541. The summed E-state index contributed by atoms with van der Waals surface area (Å²) in [6.07, 6.45) is 0.639. The van der Waals surface area contributed by atoms with Crippen molar-refractivity contribution < 1.29 is 9.18 Å². The first kappa shape index (κ1) is 17.1. The first-order valence-electron chi connectivity index (χ1n) is 7.98. The molecule has 0 unspecified atom stereocenters. The van der Waals surface area contributed by atoms with Crippen molar-refractivity contribution in [2.45, 2.75) is 32.2 Å². The van der Waals surface area contributed by atoms with Crippen molar-refractivity contribution in [2.24, 2.45) is 0 Å². The Balaban J connectivity index is 1.87. The summed E-state index contributed by atoms with van der Waals surface area (Å²) in [4.78, 5) is 12.8. The molecule has 0 aromatic heterocycles. The van der Waals surface area contributed by atoms with Gasteiger partial charge in [-0.05, 0) is 61.7 Å². The second-order valence-corrected chi connectivity index (χ2v) is 7.50. The molecule has 1 aliphatic heterocycles. The number of amides is 1. The van der Waals surface area contributed by atoms with Crippen LogP contribution < -0.4 is 10.6 Å². The third-order valence-corrected chi connectivity index (χ3v) is 5.06. The fourth-order valence-corrected chi connectivity index (χ4v) is 3.32. The normalized spacial score (nSPS) is 14.2. The highest BCUT2D eigenvalue weighted by molar-refractivity contribution is 9.10. The summed E-state index contributed by atoms with van der Waals surface area (Å²) in [6.45, 7) is 5.10. The van der Waals surface area contributed by atoms with Crippen molar-refractivity contribution in [1.29, 1.82) is 0 Å². The lowest BCUT2D eigenvalue weighted by atomic mass is 9.83. The number of hydrogen-bond acceptors (Lipinski definition) is 2. The molecule has 0 saturated carbocycles. The Morgan fingerprint density at radius 1 is 1.29 bits per heavy atom. The molecule has 0 bridgehead atoms. The topological polar surface area (TPSA) is 41.1 Å². The zero-order valence-electron chi connectivity index (χ0n) is 13.7. The number of benzene rings is 2. The molecule has 2 aromatic carbocycles. The maximum atomic E-state index is 14.7. The van der Waals surface area contributed by atoms with Crippen LogP contribution in [-0.2, 0) is 23.2 Å². The summed E-state index contributed by atoms with van der Waals surface area (Å²) < 4.78 is 15.6. The van der Waals surface area contributed by atoms with E-state index in [9.17, 15) is 9.18 Å². The number of anilines is 1. The van der Waals surface area contributed by atoms with Crippen molar-refractivity contribution in [3.05, 3.63) is 63.4 Å². The average Bonchev–Trinajstić information content (AvgIpc) is 2.57. The van der Waals surface area contributed by atoms with Crippen LogP contribution in [0.25, 0.3) is 0 Å². The summed E-state index contributed by atoms with van der Waals surface area (Å²) in [5, 5.41) is 5.99. The van der Waals surface area contributed by atoms with Gasteiger partial charge in [-0.15, -0.1) is 0 Å². The highest BCUT2D eigenvalue weighted by Crippen LogP contribution is 2.29. The minimum absolute atomic E-state index is 0.228. The van der Waals surface area contributed by atoms with E-state index in [0.717, 1.165) is 22.1 Å². The molecule has 0 fully saturated rings. The Labute approximate surface area is 149 Å². The smallest absolute Gasteiger partial charge is 0.234 e. The molecule has 24 heavy (non-hydrogen) atoms. The predicted molar refractivity (Wildman–Crippen MR) is 97.6 cm³/mol. The predicted octanol–water partition coefficient (Wildman–Crippen LogP) is 4.15. The van der Waals surface area contributed by atoms with Crippen molar-refractivity contribution >= 4 is 27.5 Å². The lowest BCUT2D eigenvalue weighted by Gasteiger charge is -2.25. The summed E-state index contributed by atoms with van der Waals surface area (Å²) in [6, 6.07) is 11.1. The average molecular weight is 391 g/mol. The van der Waals surface area contributed by atoms with Gasteiger partial charge in [-0.25, -0.2) is 4.39 Å². The Hall–Kier alpha value is -1.72. The van der Waals surface area contributed by atoms with Crippen molar-refractivity contribution in [3.8, 4) is 0 Å². The third kappa shape index (κ3) is 3.23. The van der Waals surface area contributed by atoms with E-state index in [1.54, 1.807) is 6.07 Å². The SMILES string of the molecule is CC(C)(C(=O)Nc1ccc2c(c1F)CCNC2)c1cccc(Br)c1. The van der Waals surface area contributed by atoms with Crippen LogP contribution in [-0.4, -0.2) is 12.5 Å². The quantitative estimate of drug-likeness (QED) is 0.826. The van der Waals surface area contributed by atoms with Gasteiger partial charge in [0.2, 0.25) is 5.91 Å². The molecule has 0 saturated heterocycles. The van der Waals surface area contributed by atoms with Gasteiger partial charge in [0.05, 0.1) is 11.1 Å². The highest BCUT2D eigenvalue weighted by Gasteiger charge is 2.31. The molecule has 2 aromatic rings. The lowest BCUT2D eigenvalue weighted by Crippen LogP contribution is -2.35. The highest BCUT2D eigenvalue weighted by atomic mass is 79.9. The van der Waals surface area contributed by atoms with Crippen molar-refractivity contribution in [2.75, 3.05) is 11.9 Å². The molecule has 1 amide bonds. The summed E-state index contributed by atoms with van der Waals surface area (Å²) >= 11 is 3.43. The zero-order valence-corrected chi connectivity index (χ0v) is 15.3. The number of halogens is 2. The second kappa shape index (κ2) is 6.65. The zero-order chi connectivity index (χ0) is 17.3. The van der Waals surface area contributed by atoms with Gasteiger partial charge in [-0.2, -0.15) is 0 Å². The minimum atomic E-state index is -0.770. The van der Waals surface area contributed by atoms with E-state index in [4.69, 9.17) is 0 Å². The fourth-order valence-electron chi connectivity index (χ4n) is 2.92. The lowest BCUT2D eigenvalue weighted by molar-refractivity contribution is -0.120. The van der Waals surface area contributed by atoms with Crippen LogP contribution in [0.4, 0.5) is 10.1 Å². The van der Waals surface area contributed by atoms with Crippen LogP contribution in [0.2, 0.25) is 0 Å². The number of rotatable bonds is 3. The van der Waals surface area contributed by atoms with Crippen LogP contribution >= 0.6 is 15.9 Å². The van der Waals surface area contributed by atoms with E-state index >= 15 is 0 Å². The van der Waals surface area contributed by atoms with E-state index in [2.05, 4.69) is 26.6 Å². The van der Waals surface area contributed by atoms with Crippen LogP contribution in [0.5, 0.6) is 0 Å². The van der Waals surface area contributed by atoms with E-state index in [1.807, 2.05) is 44.2 Å². The van der Waals surface area contributed by atoms with Gasteiger partial charge in [-0.3, -0.25) is 4.79 Å². The van der Waals surface area contributed by atoms with Gasteiger partial charge in [0, 0.05) is 11.0 Å². The minimum Gasteiger partial charge on any atom is -0.323 e. The molecule has 1 aliphatic rings. The van der Waals surface area contributed by atoms with Gasteiger partial charge < -0.3 is 10.6 Å². The Morgan fingerprint density at radius 2 is 2.08 bits per heavy atom. The van der Waals surface area contributed by atoms with Gasteiger partial charge in [0.1, 0.15) is 5.82 Å². The molecule has 3 nitrogen and oxygen atoms in total. The number of nitrogens with one attached hydrogen (secondary N) is 2. The molecule has 0 spiro atoms. The largest absolute Gasteiger partial charge is 0.323 e. The fraction of sp³-hybridized carbons (Fsp3) is 0.316. The number of hydrogen-bond donors (Lipinski definition) is 2. The molecule has 5 heteroatoms. The Bertz CT molecular complexity index is 789. The molecule has 126 valence electrons. The van der Waals surface area contributed by atoms with Crippen LogP contribution in [0.1, 0.15) is 30.5 Å². The summed E-state index contributed by atoms with van der Waals surface area (Å²) in [7, 11) is 0. The maximum absolute atomic E-state index is 14.7. The van der Waals surface area contributed by atoms with Gasteiger partial charge >= 0.3 is 0 Å². The van der Waals surface area contributed by atoms with E-state index in [0.29, 0.717) is 18.5 Å². The standard InChI is InChI=1S/C19H20BrFN2O/c1-19(2,13-4-3-5-14(20)10-13)18(24)23-16-7-6-12-11-22-9-8-15(12)17(16)21/h3-7,10,22H,8-9,11H2,1-2H3,(H,23,24). The van der Waals surface area contributed by atoms with Crippen LogP contribution in [0.3, 0.4) is 0 Å². The molecule has 2 N–H and O–H groups in total. The summed E-state index contributed by atoms with van der Waals surface area (Å²) in [5.41, 5.74) is 2.02. The molecular weight excluding hydrogens is 371 g/mol. The van der Waals surface area contributed by atoms with Crippen LogP contribution in [0.15, 0.2) is 40.9 Å².